The van der Waals surface area contributed by atoms with E-state index in [-0.39, 0.29) is 53.6 Å². The van der Waals surface area contributed by atoms with Gasteiger partial charge in [0.05, 0.1) is 25.3 Å². The SMILES string of the molecule is CCOC(=O)C(C=NC1CCCCC1N=CC(C(C)=O)C(=O)OCC)C(C)=O.[Co]. The summed E-state index contributed by atoms with van der Waals surface area (Å²) in [6.45, 7) is 6.36. The molecule has 0 N–H and O–H groups in total. The van der Waals surface area contributed by atoms with E-state index in [0.717, 1.165) is 25.7 Å². The number of hydrogen-bond donors (Lipinski definition) is 0. The molecule has 0 aromatic carbocycles. The fourth-order valence-corrected chi connectivity index (χ4v) is 2.96. The number of esters is 2. The van der Waals surface area contributed by atoms with E-state index in [1.165, 1.54) is 26.3 Å². The molecule has 8 nitrogen and oxygen atoms in total. The molecule has 0 amide bonds. The van der Waals surface area contributed by atoms with Crippen LogP contribution in [0.1, 0.15) is 53.4 Å². The van der Waals surface area contributed by atoms with Crippen molar-refractivity contribution in [3.05, 3.63) is 0 Å². The molecule has 9 heteroatoms. The minimum atomic E-state index is -1.03. The first-order chi connectivity index (χ1) is 13.3. The first kappa shape index (κ1) is 27.1. The maximum absolute atomic E-state index is 11.9. The number of carbonyl (C=O) groups excluding carboxylic acids is 4. The van der Waals surface area contributed by atoms with E-state index in [0.29, 0.717) is 0 Å². The molecule has 1 aliphatic rings. The van der Waals surface area contributed by atoms with Crippen LogP contribution in [-0.4, -0.2) is 61.2 Å². The Bertz CT molecular complexity index is 580. The van der Waals surface area contributed by atoms with Crippen LogP contribution in [0.2, 0.25) is 0 Å². The second kappa shape index (κ2) is 14.2. The van der Waals surface area contributed by atoms with Crippen LogP contribution >= 0.6 is 0 Å². The van der Waals surface area contributed by atoms with Gasteiger partial charge in [-0.2, -0.15) is 0 Å². The van der Waals surface area contributed by atoms with Crippen molar-refractivity contribution in [2.75, 3.05) is 13.2 Å². The van der Waals surface area contributed by atoms with Crippen molar-refractivity contribution >= 4 is 35.9 Å². The Morgan fingerprint density at radius 1 is 0.828 bits per heavy atom. The van der Waals surface area contributed by atoms with E-state index >= 15 is 0 Å². The zero-order valence-electron chi connectivity index (χ0n) is 17.4. The Balaban J connectivity index is 0.00000784. The van der Waals surface area contributed by atoms with Crippen LogP contribution in [0.4, 0.5) is 0 Å². The van der Waals surface area contributed by atoms with Crippen molar-refractivity contribution in [1.82, 2.24) is 0 Å². The second-order valence-corrected chi connectivity index (χ2v) is 6.70. The molecule has 1 rings (SSSR count). The molecule has 165 valence electrons. The maximum Gasteiger partial charge on any atom is 0.321 e. The number of hydrogen-bond acceptors (Lipinski definition) is 8. The van der Waals surface area contributed by atoms with Gasteiger partial charge in [0.1, 0.15) is 23.4 Å². The topological polar surface area (TPSA) is 111 Å². The number of ketones is 2. The first-order valence-corrected chi connectivity index (χ1v) is 9.72. The zero-order chi connectivity index (χ0) is 21.1. The van der Waals surface area contributed by atoms with Gasteiger partial charge in [0, 0.05) is 29.2 Å². The van der Waals surface area contributed by atoms with Gasteiger partial charge in [-0.1, -0.05) is 12.8 Å². The second-order valence-electron chi connectivity index (χ2n) is 6.70. The summed E-state index contributed by atoms with van der Waals surface area (Å²) >= 11 is 0. The van der Waals surface area contributed by atoms with Gasteiger partial charge in [0.2, 0.25) is 0 Å². The quantitative estimate of drug-likeness (QED) is 0.284. The average molecular weight is 453 g/mol. The molecule has 1 radical (unpaired) electrons. The third-order valence-corrected chi connectivity index (χ3v) is 4.50. The molecule has 0 aromatic rings. The van der Waals surface area contributed by atoms with Gasteiger partial charge in [0.25, 0.3) is 0 Å². The molecular weight excluding hydrogens is 423 g/mol. The summed E-state index contributed by atoms with van der Waals surface area (Å²) in [5.74, 6) is -3.97. The molecule has 0 saturated heterocycles. The number of rotatable bonds is 10. The summed E-state index contributed by atoms with van der Waals surface area (Å²) < 4.78 is 9.83. The Hall–Kier alpha value is -1.87. The Morgan fingerprint density at radius 3 is 1.45 bits per heavy atom. The van der Waals surface area contributed by atoms with Crippen molar-refractivity contribution in [2.24, 2.45) is 21.8 Å². The maximum atomic E-state index is 11.9. The minimum Gasteiger partial charge on any atom is -0.465 e. The van der Waals surface area contributed by atoms with Gasteiger partial charge in [-0.3, -0.25) is 29.2 Å². The number of aliphatic imine (C=N–C) groups is 2. The van der Waals surface area contributed by atoms with Gasteiger partial charge in [-0.05, 0) is 40.5 Å². The number of nitrogens with zero attached hydrogens (tertiary/aromatic N) is 2. The summed E-state index contributed by atoms with van der Waals surface area (Å²) in [5.41, 5.74) is 0. The van der Waals surface area contributed by atoms with Crippen LogP contribution < -0.4 is 0 Å². The largest absolute Gasteiger partial charge is 0.465 e. The van der Waals surface area contributed by atoms with E-state index in [1.807, 2.05) is 0 Å². The van der Waals surface area contributed by atoms with E-state index in [9.17, 15) is 19.2 Å². The summed E-state index contributed by atoms with van der Waals surface area (Å²) in [5, 5.41) is 0. The van der Waals surface area contributed by atoms with Crippen LogP contribution in [0.3, 0.4) is 0 Å². The van der Waals surface area contributed by atoms with Gasteiger partial charge in [-0.15, -0.1) is 0 Å². The van der Waals surface area contributed by atoms with Crippen LogP contribution in [0.15, 0.2) is 9.98 Å². The van der Waals surface area contributed by atoms with E-state index in [4.69, 9.17) is 9.47 Å². The average Bonchev–Trinajstić information content (AvgIpc) is 2.63. The van der Waals surface area contributed by atoms with Gasteiger partial charge in [-0.25, -0.2) is 0 Å². The zero-order valence-corrected chi connectivity index (χ0v) is 18.4. The predicted octanol–water partition coefficient (Wildman–Crippen LogP) is 1.97. The molecule has 29 heavy (non-hydrogen) atoms. The van der Waals surface area contributed by atoms with Crippen molar-refractivity contribution in [3.63, 3.8) is 0 Å². The van der Waals surface area contributed by atoms with Crippen LogP contribution in [0.5, 0.6) is 0 Å². The first-order valence-electron chi connectivity index (χ1n) is 9.72. The molecule has 0 aromatic heterocycles. The van der Waals surface area contributed by atoms with Crippen molar-refractivity contribution < 1.29 is 45.4 Å². The molecule has 0 heterocycles. The Morgan fingerprint density at radius 2 is 1.17 bits per heavy atom. The number of Topliss-reactive ketones (excluding diaryl/α,β-unsaturated/α-hetero) is 2. The van der Waals surface area contributed by atoms with Crippen molar-refractivity contribution in [2.45, 2.75) is 65.5 Å². The summed E-state index contributed by atoms with van der Waals surface area (Å²) in [6.07, 6.45) is 6.07. The fraction of sp³-hybridized carbons (Fsp3) is 0.700. The molecule has 0 aliphatic heterocycles. The van der Waals surface area contributed by atoms with Crippen LogP contribution in [0.25, 0.3) is 0 Å². The molecule has 1 fully saturated rings. The molecule has 1 aliphatic carbocycles. The molecule has 1 saturated carbocycles. The molecular formula is C20H30CoN2O6. The minimum absolute atomic E-state index is 0. The summed E-state index contributed by atoms with van der Waals surface area (Å²) in [7, 11) is 0. The van der Waals surface area contributed by atoms with E-state index in [1.54, 1.807) is 13.8 Å². The summed E-state index contributed by atoms with van der Waals surface area (Å²) in [4.78, 5) is 56.2. The molecule has 0 bridgehead atoms. The third-order valence-electron chi connectivity index (χ3n) is 4.50. The predicted molar refractivity (Wildman–Crippen MR) is 105 cm³/mol. The van der Waals surface area contributed by atoms with Crippen molar-refractivity contribution in [1.29, 1.82) is 0 Å². The van der Waals surface area contributed by atoms with Gasteiger partial charge < -0.3 is 9.47 Å². The normalized spacial score (nSPS) is 21.2. The fourth-order valence-electron chi connectivity index (χ4n) is 2.96. The number of carbonyl (C=O) groups is 4. The van der Waals surface area contributed by atoms with Crippen LogP contribution in [0, 0.1) is 11.8 Å². The van der Waals surface area contributed by atoms with Crippen LogP contribution in [-0.2, 0) is 45.4 Å². The van der Waals surface area contributed by atoms with Crippen molar-refractivity contribution in [3.8, 4) is 0 Å². The Labute approximate surface area is 182 Å². The van der Waals surface area contributed by atoms with E-state index < -0.39 is 23.8 Å². The molecule has 0 spiro atoms. The van der Waals surface area contributed by atoms with E-state index in [2.05, 4.69) is 9.98 Å². The molecule has 4 atom stereocenters. The third kappa shape index (κ3) is 8.99. The standard InChI is InChI=1S/C20H30N2O6.Co/c1-5-27-19(25)15(13(3)23)11-21-17-9-7-8-10-18(17)22-12-16(14(4)24)20(26)28-6-2;/h11-12,15-18H,5-10H2,1-4H3;. The smallest absolute Gasteiger partial charge is 0.321 e. The number of ether oxygens (including phenoxy) is 2. The monoisotopic (exact) mass is 453 g/mol. The summed E-state index contributed by atoms with van der Waals surface area (Å²) in [6, 6.07) is -0.452. The molecule has 4 unspecified atom stereocenters. The Kier molecular flexibility index (Phi) is 13.2. The van der Waals surface area contributed by atoms with Gasteiger partial charge >= 0.3 is 11.9 Å². The van der Waals surface area contributed by atoms with Gasteiger partial charge in [0.15, 0.2) is 0 Å².